The molecule has 0 N–H and O–H groups in total. The molecular formula is C21H23F5O2. The van der Waals surface area contributed by atoms with Crippen LogP contribution in [0.1, 0.15) is 42.9 Å². The van der Waals surface area contributed by atoms with Crippen LogP contribution in [0.4, 0.5) is 22.0 Å². The molecule has 2 nitrogen and oxygen atoms in total. The Bertz CT molecular complexity index is 709. The van der Waals surface area contributed by atoms with Gasteiger partial charge < -0.3 is 9.47 Å². The molecule has 2 rings (SSSR count). The van der Waals surface area contributed by atoms with Crippen LogP contribution in [0.2, 0.25) is 0 Å². The number of rotatable bonds is 10. The number of benzene rings is 2. The molecule has 0 aliphatic rings. The highest BCUT2D eigenvalue weighted by Gasteiger charge is 2.32. The Balaban J connectivity index is 1.84. The molecule has 0 saturated carbocycles. The zero-order valence-electron chi connectivity index (χ0n) is 15.6. The molecule has 0 heterocycles. The number of unbranched alkanes of at least 4 members (excludes halogenated alkanes) is 2. The molecular weight excluding hydrogens is 379 g/mol. The smallest absolute Gasteiger partial charge is 0.406 e. The maximum Gasteiger partial charge on any atom is 0.573 e. The Labute approximate surface area is 161 Å². The summed E-state index contributed by atoms with van der Waals surface area (Å²) in [6.07, 6.45) is -4.66. The van der Waals surface area contributed by atoms with Gasteiger partial charge in [0.2, 0.25) is 0 Å². The number of alkyl halides is 5. The molecule has 2 aromatic rings. The molecule has 0 aliphatic carbocycles. The summed E-state index contributed by atoms with van der Waals surface area (Å²) >= 11 is 0. The highest BCUT2D eigenvalue weighted by molar-refractivity contribution is 5.28. The molecule has 0 radical (unpaired) electrons. The van der Waals surface area contributed by atoms with E-state index in [1.807, 2.05) is 12.1 Å². The van der Waals surface area contributed by atoms with Gasteiger partial charge in [-0.3, -0.25) is 0 Å². The molecule has 2 aromatic carbocycles. The molecule has 0 atom stereocenters. The van der Waals surface area contributed by atoms with Crippen molar-refractivity contribution in [2.24, 2.45) is 0 Å². The third-order valence-corrected chi connectivity index (χ3v) is 4.11. The van der Waals surface area contributed by atoms with E-state index < -0.39 is 24.6 Å². The normalized spacial score (nSPS) is 12.2. The zero-order valence-corrected chi connectivity index (χ0v) is 15.6. The van der Waals surface area contributed by atoms with E-state index >= 15 is 0 Å². The van der Waals surface area contributed by atoms with Crippen molar-refractivity contribution in [2.45, 2.75) is 58.1 Å². The number of aryl methyl sites for hydroxylation is 1. The van der Waals surface area contributed by atoms with Gasteiger partial charge in [0.05, 0.1) is 13.0 Å². The highest BCUT2D eigenvalue weighted by atomic mass is 19.4. The summed E-state index contributed by atoms with van der Waals surface area (Å²) in [7, 11) is 0. The highest BCUT2D eigenvalue weighted by Crippen LogP contribution is 2.27. The molecule has 0 fully saturated rings. The second-order valence-electron chi connectivity index (χ2n) is 6.57. The van der Waals surface area contributed by atoms with E-state index in [2.05, 4.69) is 11.7 Å². The predicted octanol–water partition coefficient (Wildman–Crippen LogP) is 6.67. The minimum absolute atomic E-state index is 0.144. The van der Waals surface area contributed by atoms with Gasteiger partial charge in [0.1, 0.15) is 5.75 Å². The molecule has 0 spiro atoms. The Hall–Kier alpha value is -2.15. The maximum atomic E-state index is 14.0. The van der Waals surface area contributed by atoms with E-state index in [1.165, 1.54) is 0 Å². The first-order valence-corrected chi connectivity index (χ1v) is 9.11. The molecule has 0 unspecified atom stereocenters. The van der Waals surface area contributed by atoms with Crippen LogP contribution in [0.3, 0.4) is 0 Å². The third kappa shape index (κ3) is 8.25. The summed E-state index contributed by atoms with van der Waals surface area (Å²) < 4.78 is 72.8. The van der Waals surface area contributed by atoms with Crippen LogP contribution in [0, 0.1) is 0 Å². The van der Waals surface area contributed by atoms with Gasteiger partial charge in [-0.15, -0.1) is 13.2 Å². The monoisotopic (exact) mass is 402 g/mol. The number of ether oxygens (including phenoxy) is 2. The lowest BCUT2D eigenvalue weighted by Crippen LogP contribution is -2.23. The van der Waals surface area contributed by atoms with Crippen LogP contribution in [0.25, 0.3) is 0 Å². The van der Waals surface area contributed by atoms with Crippen molar-refractivity contribution < 1.29 is 31.4 Å². The molecule has 0 amide bonds. The van der Waals surface area contributed by atoms with Crippen molar-refractivity contribution in [3.8, 4) is 5.75 Å². The Morgan fingerprint density at radius 1 is 0.750 bits per heavy atom. The van der Waals surface area contributed by atoms with Crippen LogP contribution >= 0.6 is 0 Å². The minimum Gasteiger partial charge on any atom is -0.406 e. The Kier molecular flexibility index (Phi) is 7.80. The predicted molar refractivity (Wildman–Crippen MR) is 96.2 cm³/mol. The SMILES string of the molecule is CCCCCc1ccc(COC(F)(F)Cc2ccc(OC(F)(F)F)cc2)cc1. The first kappa shape index (κ1) is 22.1. The third-order valence-electron chi connectivity index (χ3n) is 4.11. The maximum absolute atomic E-state index is 14.0. The topological polar surface area (TPSA) is 18.5 Å². The fourth-order valence-electron chi connectivity index (χ4n) is 2.67. The van der Waals surface area contributed by atoms with E-state index in [4.69, 9.17) is 4.74 Å². The summed E-state index contributed by atoms with van der Waals surface area (Å²) in [5.74, 6) is -0.459. The van der Waals surface area contributed by atoms with E-state index in [0.717, 1.165) is 55.5 Å². The summed E-state index contributed by atoms with van der Waals surface area (Å²) in [5, 5.41) is 0. The molecule has 0 bridgehead atoms. The minimum atomic E-state index is -4.82. The zero-order chi connectivity index (χ0) is 20.6. The summed E-state index contributed by atoms with van der Waals surface area (Å²) in [4.78, 5) is 0. The fraction of sp³-hybridized carbons (Fsp3) is 0.429. The van der Waals surface area contributed by atoms with Crippen molar-refractivity contribution >= 4 is 0 Å². The summed E-state index contributed by atoms with van der Waals surface area (Å²) in [6, 6.07) is 11.7. The Morgan fingerprint density at radius 2 is 1.32 bits per heavy atom. The van der Waals surface area contributed by atoms with Crippen LogP contribution in [0.5, 0.6) is 5.75 Å². The molecule has 28 heavy (non-hydrogen) atoms. The number of halogens is 5. The van der Waals surface area contributed by atoms with Crippen molar-refractivity contribution in [1.82, 2.24) is 0 Å². The number of hydrogen-bond acceptors (Lipinski definition) is 2. The van der Waals surface area contributed by atoms with Crippen LogP contribution in [0.15, 0.2) is 48.5 Å². The van der Waals surface area contributed by atoms with E-state index in [9.17, 15) is 22.0 Å². The second-order valence-corrected chi connectivity index (χ2v) is 6.57. The van der Waals surface area contributed by atoms with E-state index in [-0.39, 0.29) is 12.2 Å². The first-order chi connectivity index (χ1) is 13.2. The lowest BCUT2D eigenvalue weighted by Gasteiger charge is -2.17. The van der Waals surface area contributed by atoms with Crippen molar-refractivity contribution in [3.05, 3.63) is 65.2 Å². The largest absolute Gasteiger partial charge is 0.573 e. The van der Waals surface area contributed by atoms with Crippen molar-refractivity contribution in [1.29, 1.82) is 0 Å². The van der Waals surface area contributed by atoms with Crippen LogP contribution in [-0.2, 0) is 24.2 Å². The summed E-state index contributed by atoms with van der Waals surface area (Å²) in [5.41, 5.74) is 1.93. The number of hydrogen-bond donors (Lipinski definition) is 0. The lowest BCUT2D eigenvalue weighted by atomic mass is 10.1. The molecule has 154 valence electrons. The Morgan fingerprint density at radius 3 is 1.89 bits per heavy atom. The van der Waals surface area contributed by atoms with Gasteiger partial charge in [0.15, 0.2) is 0 Å². The molecule has 7 heteroatoms. The van der Waals surface area contributed by atoms with Gasteiger partial charge in [0.25, 0.3) is 0 Å². The van der Waals surface area contributed by atoms with Gasteiger partial charge in [-0.05, 0) is 41.7 Å². The van der Waals surface area contributed by atoms with Gasteiger partial charge in [-0.25, -0.2) is 0 Å². The average Bonchev–Trinajstić information content (AvgIpc) is 2.62. The van der Waals surface area contributed by atoms with Gasteiger partial charge in [-0.2, -0.15) is 8.78 Å². The summed E-state index contributed by atoms with van der Waals surface area (Å²) in [6.45, 7) is 1.88. The van der Waals surface area contributed by atoms with Crippen molar-refractivity contribution in [2.75, 3.05) is 0 Å². The quantitative estimate of drug-likeness (QED) is 0.326. The first-order valence-electron chi connectivity index (χ1n) is 9.11. The van der Waals surface area contributed by atoms with E-state index in [0.29, 0.717) is 5.56 Å². The van der Waals surface area contributed by atoms with Crippen LogP contribution < -0.4 is 4.74 Å². The molecule has 0 aromatic heterocycles. The average molecular weight is 402 g/mol. The lowest BCUT2D eigenvalue weighted by molar-refractivity contribution is -0.274. The molecule has 0 aliphatic heterocycles. The van der Waals surface area contributed by atoms with Crippen LogP contribution in [-0.4, -0.2) is 12.5 Å². The van der Waals surface area contributed by atoms with Gasteiger partial charge >= 0.3 is 12.5 Å². The van der Waals surface area contributed by atoms with Crippen molar-refractivity contribution in [3.63, 3.8) is 0 Å². The second kappa shape index (κ2) is 9.87. The van der Waals surface area contributed by atoms with Gasteiger partial charge in [0, 0.05) is 0 Å². The molecule has 0 saturated heterocycles. The fourth-order valence-corrected chi connectivity index (χ4v) is 2.67. The standard InChI is InChI=1S/C21H23F5O2/c1-2-3-4-5-16-6-8-18(9-7-16)15-27-20(22,23)14-17-10-12-19(13-11-17)28-21(24,25)26/h6-13H,2-5,14-15H2,1H3. The van der Waals surface area contributed by atoms with Gasteiger partial charge in [-0.1, -0.05) is 56.2 Å². The van der Waals surface area contributed by atoms with E-state index in [1.54, 1.807) is 12.1 Å².